The number of hydrogen-bond acceptors (Lipinski definition) is 9. The van der Waals surface area contributed by atoms with Gasteiger partial charge in [0.2, 0.25) is 5.95 Å². The fourth-order valence-corrected chi connectivity index (χ4v) is 3.81. The minimum absolute atomic E-state index is 0.00276. The van der Waals surface area contributed by atoms with Crippen LogP contribution in [0.15, 0.2) is 24.4 Å². The lowest BCUT2D eigenvalue weighted by molar-refractivity contribution is 0.0792. The Labute approximate surface area is 199 Å². The first-order chi connectivity index (χ1) is 15.9. The van der Waals surface area contributed by atoms with E-state index in [4.69, 9.17) is 9.92 Å². The summed E-state index contributed by atoms with van der Waals surface area (Å²) in [7, 11) is -3.82. The lowest BCUT2D eigenvalue weighted by Gasteiger charge is -2.20. The maximum absolute atomic E-state index is 12.9. The van der Waals surface area contributed by atoms with E-state index in [1.807, 2.05) is 20.8 Å². The molecular weight excluding hydrogens is 460 g/mol. The number of aromatic nitrogens is 2. The summed E-state index contributed by atoms with van der Waals surface area (Å²) < 4.78 is 28.4. The summed E-state index contributed by atoms with van der Waals surface area (Å²) in [5, 5.41) is 6.13. The van der Waals surface area contributed by atoms with Crippen molar-refractivity contribution in [1.29, 1.82) is 0 Å². The third-order valence-electron chi connectivity index (χ3n) is 5.47. The van der Waals surface area contributed by atoms with E-state index in [0.717, 1.165) is 19.1 Å². The van der Waals surface area contributed by atoms with Crippen molar-refractivity contribution in [3.8, 4) is 5.75 Å². The fraction of sp³-hybridized carbons (Fsp3) is 0.455. The van der Waals surface area contributed by atoms with E-state index >= 15 is 0 Å². The van der Waals surface area contributed by atoms with E-state index in [0.29, 0.717) is 18.8 Å². The van der Waals surface area contributed by atoms with Gasteiger partial charge in [0.25, 0.3) is 11.8 Å². The molecule has 0 bridgehead atoms. The van der Waals surface area contributed by atoms with Gasteiger partial charge in [-0.2, -0.15) is 13.4 Å². The van der Waals surface area contributed by atoms with Crippen molar-refractivity contribution in [2.75, 3.05) is 30.0 Å². The lowest BCUT2D eigenvalue weighted by atomic mass is 10.1. The molecule has 1 aromatic carbocycles. The summed E-state index contributed by atoms with van der Waals surface area (Å²) in [6.07, 6.45) is 4.07. The molecule has 1 aliphatic rings. The highest BCUT2D eigenvalue weighted by Gasteiger charge is 2.22. The fourth-order valence-electron chi connectivity index (χ4n) is 3.36. The Bertz CT molecular complexity index is 1180. The van der Waals surface area contributed by atoms with Gasteiger partial charge in [0.1, 0.15) is 11.6 Å². The van der Waals surface area contributed by atoms with Crippen LogP contribution in [0.5, 0.6) is 5.75 Å². The number of nitrogens with two attached hydrogens (primary N) is 1. The SMILES string of the molecule is CC(C)C(C)Nc1nc(Nc2cc(OS(C)(=O)=O)cc(C(=O)N3CCCC3)c2)ncc1C(N)=O. The van der Waals surface area contributed by atoms with Crippen LogP contribution in [0.25, 0.3) is 0 Å². The molecule has 4 N–H and O–H groups in total. The molecule has 1 aliphatic heterocycles. The largest absolute Gasteiger partial charge is 0.383 e. The van der Waals surface area contributed by atoms with E-state index in [2.05, 4.69) is 20.6 Å². The molecule has 2 amide bonds. The van der Waals surface area contributed by atoms with E-state index in [-0.39, 0.29) is 46.5 Å². The Hall–Kier alpha value is -3.41. The molecule has 0 spiro atoms. The molecule has 0 aliphatic carbocycles. The van der Waals surface area contributed by atoms with Gasteiger partial charge in [-0.15, -0.1) is 0 Å². The second-order valence-corrected chi connectivity index (χ2v) is 10.2. The molecule has 1 fully saturated rings. The van der Waals surface area contributed by atoms with E-state index in [9.17, 15) is 18.0 Å². The summed E-state index contributed by atoms with van der Waals surface area (Å²) in [5.41, 5.74) is 6.22. The summed E-state index contributed by atoms with van der Waals surface area (Å²) in [5.74, 6) is -0.265. The molecule has 2 heterocycles. The molecule has 34 heavy (non-hydrogen) atoms. The van der Waals surface area contributed by atoms with E-state index in [1.54, 1.807) is 11.0 Å². The first-order valence-corrected chi connectivity index (χ1v) is 12.8. The predicted molar refractivity (Wildman–Crippen MR) is 129 cm³/mol. The summed E-state index contributed by atoms with van der Waals surface area (Å²) >= 11 is 0. The van der Waals surface area contributed by atoms with Gasteiger partial charge in [0.15, 0.2) is 0 Å². The topological polar surface area (TPSA) is 157 Å². The Morgan fingerprint density at radius 1 is 1.15 bits per heavy atom. The number of carbonyl (C=O) groups excluding carboxylic acids is 2. The second-order valence-electron chi connectivity index (χ2n) is 8.66. The molecule has 3 rings (SSSR count). The molecule has 0 radical (unpaired) electrons. The van der Waals surface area contributed by atoms with Crippen molar-refractivity contribution in [3.05, 3.63) is 35.5 Å². The molecule has 11 nitrogen and oxygen atoms in total. The molecular formula is C22H30N6O5S. The summed E-state index contributed by atoms with van der Waals surface area (Å²) in [6.45, 7) is 7.27. The van der Waals surface area contributed by atoms with Crippen molar-refractivity contribution in [3.63, 3.8) is 0 Å². The quantitative estimate of drug-likeness (QED) is 0.449. The first kappa shape index (κ1) is 25.2. The molecule has 2 aromatic rings. The highest BCUT2D eigenvalue weighted by molar-refractivity contribution is 7.86. The molecule has 0 saturated carbocycles. The number of nitrogens with zero attached hydrogens (tertiary/aromatic N) is 3. The molecule has 12 heteroatoms. The van der Waals surface area contributed by atoms with Crippen LogP contribution < -0.4 is 20.6 Å². The zero-order chi connectivity index (χ0) is 25.0. The van der Waals surface area contributed by atoms with Gasteiger partial charge in [0.05, 0.1) is 11.8 Å². The van der Waals surface area contributed by atoms with Crippen LogP contribution in [0.3, 0.4) is 0 Å². The highest BCUT2D eigenvalue weighted by Crippen LogP contribution is 2.27. The minimum atomic E-state index is -3.82. The van der Waals surface area contributed by atoms with E-state index < -0.39 is 16.0 Å². The average Bonchev–Trinajstić information content (AvgIpc) is 3.26. The molecule has 184 valence electrons. The number of anilines is 3. The van der Waals surface area contributed by atoms with Crippen LogP contribution in [0.1, 0.15) is 54.3 Å². The number of likely N-dealkylation sites (tertiary alicyclic amines) is 1. The highest BCUT2D eigenvalue weighted by atomic mass is 32.2. The molecule has 1 aromatic heterocycles. The maximum Gasteiger partial charge on any atom is 0.306 e. The minimum Gasteiger partial charge on any atom is -0.383 e. The van der Waals surface area contributed by atoms with Crippen LogP contribution in [0.2, 0.25) is 0 Å². The normalized spacial score (nSPS) is 14.7. The Kier molecular flexibility index (Phi) is 7.60. The van der Waals surface area contributed by atoms with Crippen molar-refractivity contribution < 1.29 is 22.2 Å². The monoisotopic (exact) mass is 490 g/mol. The lowest BCUT2D eigenvalue weighted by Crippen LogP contribution is -2.27. The maximum atomic E-state index is 12.9. The number of amides is 2. The van der Waals surface area contributed by atoms with Crippen molar-refractivity contribution in [2.45, 2.75) is 39.7 Å². The van der Waals surface area contributed by atoms with Gasteiger partial charge in [0, 0.05) is 42.6 Å². The Balaban J connectivity index is 1.96. The average molecular weight is 491 g/mol. The number of nitrogens with one attached hydrogen (secondary N) is 2. The number of carbonyl (C=O) groups is 2. The number of hydrogen-bond donors (Lipinski definition) is 3. The third kappa shape index (κ3) is 6.56. The van der Waals surface area contributed by atoms with Gasteiger partial charge < -0.3 is 25.5 Å². The molecule has 1 saturated heterocycles. The van der Waals surface area contributed by atoms with Gasteiger partial charge in [-0.05, 0) is 37.8 Å². The third-order valence-corrected chi connectivity index (χ3v) is 5.96. The Morgan fingerprint density at radius 2 is 1.82 bits per heavy atom. The van der Waals surface area contributed by atoms with Crippen molar-refractivity contribution in [2.24, 2.45) is 11.7 Å². The number of rotatable bonds is 9. The zero-order valence-corrected chi connectivity index (χ0v) is 20.5. The van der Waals surface area contributed by atoms with Gasteiger partial charge in [-0.1, -0.05) is 13.8 Å². The standard InChI is InChI=1S/C22H30N6O5S/c1-13(2)14(3)25-20-18(19(23)29)12-24-22(27-20)26-16-9-15(21(30)28-7-5-6-8-28)10-17(11-16)33-34(4,31)32/h9-14H,5-8H2,1-4H3,(H2,23,29)(H2,24,25,26,27). The summed E-state index contributed by atoms with van der Waals surface area (Å²) in [4.78, 5) is 35.0. The summed E-state index contributed by atoms with van der Waals surface area (Å²) in [6, 6.07) is 4.39. The van der Waals surface area contributed by atoms with Gasteiger partial charge >= 0.3 is 10.1 Å². The van der Waals surface area contributed by atoms with Crippen LogP contribution in [0, 0.1) is 5.92 Å². The van der Waals surface area contributed by atoms with Gasteiger partial charge in [-0.25, -0.2) is 4.98 Å². The van der Waals surface area contributed by atoms with Gasteiger partial charge in [-0.3, -0.25) is 9.59 Å². The number of benzene rings is 1. The van der Waals surface area contributed by atoms with Crippen LogP contribution in [-0.4, -0.2) is 60.5 Å². The van der Waals surface area contributed by atoms with Crippen LogP contribution >= 0.6 is 0 Å². The predicted octanol–water partition coefficient (Wildman–Crippen LogP) is 2.35. The Morgan fingerprint density at radius 3 is 2.41 bits per heavy atom. The molecule has 1 atom stereocenters. The van der Waals surface area contributed by atoms with Crippen molar-refractivity contribution in [1.82, 2.24) is 14.9 Å². The van der Waals surface area contributed by atoms with Crippen LogP contribution in [-0.2, 0) is 10.1 Å². The smallest absolute Gasteiger partial charge is 0.306 e. The van der Waals surface area contributed by atoms with E-state index in [1.165, 1.54) is 18.3 Å². The van der Waals surface area contributed by atoms with Crippen LogP contribution in [0.4, 0.5) is 17.5 Å². The zero-order valence-electron chi connectivity index (χ0n) is 19.7. The van der Waals surface area contributed by atoms with Crippen molar-refractivity contribution >= 4 is 39.4 Å². The second kappa shape index (κ2) is 10.2. The number of primary amides is 1. The first-order valence-electron chi connectivity index (χ1n) is 11.0. The molecule has 1 unspecified atom stereocenters.